The van der Waals surface area contributed by atoms with Gasteiger partial charge in [0.1, 0.15) is 0 Å². The molecule has 26 heavy (non-hydrogen) atoms. The molecule has 0 saturated heterocycles. The van der Waals surface area contributed by atoms with Gasteiger partial charge in [-0.3, -0.25) is 0 Å². The predicted octanol–water partition coefficient (Wildman–Crippen LogP) is 4.54. The van der Waals surface area contributed by atoms with Crippen LogP contribution in [-0.4, -0.2) is 17.9 Å². The van der Waals surface area contributed by atoms with Crippen LogP contribution in [0, 0.1) is 0 Å². The van der Waals surface area contributed by atoms with Gasteiger partial charge in [0.05, 0.1) is 0 Å². The van der Waals surface area contributed by atoms with Crippen LogP contribution >= 0.6 is 0 Å². The van der Waals surface area contributed by atoms with E-state index in [-0.39, 0.29) is 19.3 Å². The zero-order valence-electron chi connectivity index (χ0n) is 16.5. The topological polar surface area (TPSA) is 78.9 Å². The molecule has 0 aromatic carbocycles. The van der Waals surface area contributed by atoms with Crippen LogP contribution < -0.4 is 0 Å². The van der Waals surface area contributed by atoms with E-state index >= 15 is 0 Å². The first-order chi connectivity index (χ1) is 12.3. The Hall–Kier alpha value is -1.40. The van der Waals surface area contributed by atoms with Gasteiger partial charge in [-0.1, -0.05) is 0 Å². The van der Waals surface area contributed by atoms with E-state index in [1.165, 1.54) is 0 Å². The van der Waals surface area contributed by atoms with Crippen LogP contribution in [-0.2, 0) is 42.1 Å². The normalized spacial score (nSPS) is 14.1. The van der Waals surface area contributed by atoms with E-state index in [9.17, 15) is 14.4 Å². The molecule has 1 aliphatic rings. The molecule has 0 fully saturated rings. The van der Waals surface area contributed by atoms with Gasteiger partial charge in [-0.25, -0.2) is 0 Å². The number of carbonyl (C=O) groups excluding carboxylic acids is 3. The summed E-state index contributed by atoms with van der Waals surface area (Å²) in [5.74, 6) is -1.48. The van der Waals surface area contributed by atoms with E-state index in [0.717, 1.165) is 11.1 Å². The van der Waals surface area contributed by atoms with Crippen molar-refractivity contribution in [3.8, 4) is 0 Å². The molecule has 0 saturated carbocycles. The van der Waals surface area contributed by atoms with Gasteiger partial charge < -0.3 is 0 Å². The van der Waals surface area contributed by atoms with Crippen molar-refractivity contribution in [2.24, 2.45) is 0 Å². The van der Waals surface area contributed by atoms with Crippen molar-refractivity contribution in [1.82, 2.24) is 0 Å². The summed E-state index contributed by atoms with van der Waals surface area (Å²) in [5, 5.41) is 0. The predicted molar refractivity (Wildman–Crippen MR) is 94.1 cm³/mol. The Morgan fingerprint density at radius 1 is 0.846 bits per heavy atom. The fourth-order valence-corrected chi connectivity index (χ4v) is 6.85. The van der Waals surface area contributed by atoms with E-state index in [4.69, 9.17) is 9.96 Å². The molecule has 0 atom stereocenters. The zero-order chi connectivity index (χ0) is 19.7. The molecule has 0 N–H and O–H groups in total. The Bertz CT molecular complexity index is 555. The summed E-state index contributed by atoms with van der Waals surface area (Å²) in [4.78, 5) is 36.9. The van der Waals surface area contributed by atoms with E-state index in [2.05, 4.69) is 0 Å². The molecule has 0 unspecified atom stereocenters. The Kier molecular flexibility index (Phi) is 9.30. The SMILES string of the molecule is CCCC(=O)[O][Ti]([O]C(=O)CCC)([O]C(=O)CCC)[C]1=C(C)C(C)=CC1. The maximum atomic E-state index is 12.3. The van der Waals surface area contributed by atoms with Crippen LogP contribution in [0.5, 0.6) is 0 Å². The number of hydrogen-bond donors (Lipinski definition) is 0. The summed E-state index contributed by atoms with van der Waals surface area (Å²) in [6.07, 6.45) is 4.78. The van der Waals surface area contributed by atoms with Crippen LogP contribution in [0.1, 0.15) is 79.6 Å². The van der Waals surface area contributed by atoms with Gasteiger partial charge >= 0.3 is 161 Å². The molecule has 0 bridgehead atoms. The Morgan fingerprint density at radius 2 is 1.23 bits per heavy atom. The number of rotatable bonds is 10. The molecular weight excluding hydrogens is 372 g/mol. The van der Waals surface area contributed by atoms with Gasteiger partial charge in [0.2, 0.25) is 0 Å². The average molecular weight is 402 g/mol. The molecule has 6 nitrogen and oxygen atoms in total. The van der Waals surface area contributed by atoms with Crippen LogP contribution in [0.2, 0.25) is 0 Å². The van der Waals surface area contributed by atoms with Crippen LogP contribution in [0.25, 0.3) is 0 Å². The zero-order valence-corrected chi connectivity index (χ0v) is 18.0. The Morgan fingerprint density at radius 3 is 1.50 bits per heavy atom. The summed E-state index contributed by atoms with van der Waals surface area (Å²) in [6.45, 7) is 9.38. The van der Waals surface area contributed by atoms with Crippen molar-refractivity contribution in [2.75, 3.05) is 0 Å². The molecule has 1 rings (SSSR count). The maximum absolute atomic E-state index is 12.3. The average Bonchev–Trinajstić information content (AvgIpc) is 2.87. The Labute approximate surface area is 160 Å². The van der Waals surface area contributed by atoms with Crippen LogP contribution in [0.3, 0.4) is 0 Å². The third-order valence-electron chi connectivity index (χ3n) is 4.13. The molecule has 1 aliphatic carbocycles. The molecule has 0 heterocycles. The second-order valence-corrected chi connectivity index (χ2v) is 10.1. The minimum absolute atomic E-state index is 0.183. The van der Waals surface area contributed by atoms with Crippen molar-refractivity contribution in [2.45, 2.75) is 79.6 Å². The van der Waals surface area contributed by atoms with Crippen LogP contribution in [0.15, 0.2) is 21.1 Å². The summed E-state index contributed by atoms with van der Waals surface area (Å²) >= 11 is -4.64. The first kappa shape index (κ1) is 22.6. The number of allylic oxidation sites excluding steroid dienone is 4. The molecule has 7 heteroatoms. The fraction of sp³-hybridized carbons (Fsp3) is 0.632. The first-order valence-electron chi connectivity index (χ1n) is 9.32. The molecule has 0 aromatic heterocycles. The van der Waals surface area contributed by atoms with Gasteiger partial charge in [-0.05, 0) is 0 Å². The van der Waals surface area contributed by atoms with Gasteiger partial charge in [0.25, 0.3) is 0 Å². The van der Waals surface area contributed by atoms with E-state index in [0.29, 0.717) is 29.6 Å². The summed E-state index contributed by atoms with van der Waals surface area (Å²) in [7, 11) is 0. The van der Waals surface area contributed by atoms with Gasteiger partial charge in [-0.2, -0.15) is 0 Å². The van der Waals surface area contributed by atoms with Crippen molar-refractivity contribution in [3.63, 3.8) is 0 Å². The molecule has 0 aromatic rings. The quantitative estimate of drug-likeness (QED) is 0.499. The summed E-state index contributed by atoms with van der Waals surface area (Å²) in [6, 6.07) is 0. The Balaban J connectivity index is 3.33. The standard InChI is InChI=1S/C7H9.3C4H8O2.Ti/c1-6-4-3-5-7(6)2;3*1-2-3-4(5)6;/h4H,3H2,1-2H3;3*2-3H2,1H3,(H,5,6);/q;;;;+3/p-3. The molecular formula is C19H30O6Ti. The fourth-order valence-electron chi connectivity index (χ4n) is 2.62. The van der Waals surface area contributed by atoms with Gasteiger partial charge in [0, 0.05) is 0 Å². The van der Waals surface area contributed by atoms with Crippen LogP contribution in [0.4, 0.5) is 0 Å². The van der Waals surface area contributed by atoms with Crippen molar-refractivity contribution >= 4 is 17.9 Å². The van der Waals surface area contributed by atoms with E-state index in [1.54, 1.807) is 0 Å². The minimum atomic E-state index is -4.64. The third-order valence-corrected chi connectivity index (χ3v) is 8.52. The second-order valence-electron chi connectivity index (χ2n) is 6.42. The third kappa shape index (κ3) is 6.10. The molecule has 146 valence electrons. The van der Waals surface area contributed by atoms with Gasteiger partial charge in [-0.15, -0.1) is 0 Å². The monoisotopic (exact) mass is 402 g/mol. The van der Waals surface area contributed by atoms with Crippen molar-refractivity contribution in [1.29, 1.82) is 0 Å². The first-order valence-corrected chi connectivity index (χ1v) is 12.0. The number of hydrogen-bond acceptors (Lipinski definition) is 6. The molecule has 0 amide bonds. The van der Waals surface area contributed by atoms with E-state index < -0.39 is 35.7 Å². The summed E-state index contributed by atoms with van der Waals surface area (Å²) in [5.41, 5.74) is 1.89. The van der Waals surface area contributed by atoms with E-state index in [1.807, 2.05) is 40.7 Å². The second kappa shape index (κ2) is 10.7. The number of carbonyl (C=O) groups is 3. The van der Waals surface area contributed by atoms with Crippen molar-refractivity contribution < 1.29 is 42.1 Å². The van der Waals surface area contributed by atoms with Crippen molar-refractivity contribution in [3.05, 3.63) is 21.1 Å². The molecule has 0 spiro atoms. The summed E-state index contributed by atoms with van der Waals surface area (Å²) < 4.78 is 17.7. The van der Waals surface area contributed by atoms with Gasteiger partial charge in [0.15, 0.2) is 0 Å². The molecule has 0 aliphatic heterocycles. The molecule has 0 radical (unpaired) electrons.